The first kappa shape index (κ1) is 11.9. The van der Waals surface area contributed by atoms with Gasteiger partial charge in [-0.05, 0) is 51.7 Å². The minimum Gasteiger partial charge on any atom is -0.389 e. The fourth-order valence-corrected chi connectivity index (χ4v) is 4.41. The molecule has 3 rings (SSSR count). The second-order valence-electron chi connectivity index (χ2n) is 7.21. The van der Waals surface area contributed by atoms with Crippen molar-refractivity contribution in [2.45, 2.75) is 38.2 Å². The molecule has 2 heterocycles. The van der Waals surface area contributed by atoms with Crippen molar-refractivity contribution in [3.63, 3.8) is 0 Å². The molecule has 3 heteroatoms. The van der Waals surface area contributed by atoms with Crippen LogP contribution < -0.4 is 0 Å². The fourth-order valence-electron chi connectivity index (χ4n) is 4.41. The molecule has 2 aliphatic heterocycles. The molecule has 0 radical (unpaired) electrons. The van der Waals surface area contributed by atoms with E-state index in [-0.39, 0.29) is 5.60 Å². The van der Waals surface area contributed by atoms with Crippen molar-refractivity contribution < 1.29 is 5.11 Å². The van der Waals surface area contributed by atoms with E-state index in [0.29, 0.717) is 5.41 Å². The Morgan fingerprint density at radius 3 is 2.29 bits per heavy atom. The molecule has 0 aromatic carbocycles. The van der Waals surface area contributed by atoms with E-state index in [2.05, 4.69) is 23.8 Å². The average Bonchev–Trinajstić information content (AvgIpc) is 2.17. The highest BCUT2D eigenvalue weighted by Crippen LogP contribution is 2.53. The van der Waals surface area contributed by atoms with Gasteiger partial charge in [-0.1, -0.05) is 6.92 Å². The van der Waals surface area contributed by atoms with Crippen molar-refractivity contribution >= 4 is 0 Å². The number of nitrogens with zero attached hydrogens (tertiary/aromatic N) is 2. The Bertz CT molecular complexity index is 283. The van der Waals surface area contributed by atoms with Gasteiger partial charge in [-0.2, -0.15) is 0 Å². The van der Waals surface area contributed by atoms with Gasteiger partial charge in [0.1, 0.15) is 0 Å². The number of likely N-dealkylation sites (tertiary alicyclic amines) is 2. The Kier molecular flexibility index (Phi) is 2.77. The molecule has 3 aliphatic rings. The van der Waals surface area contributed by atoms with Crippen LogP contribution in [0.1, 0.15) is 32.6 Å². The van der Waals surface area contributed by atoms with Gasteiger partial charge in [-0.3, -0.25) is 0 Å². The molecule has 1 N–H and O–H groups in total. The predicted octanol–water partition coefficient (Wildman–Crippen LogP) is 1.17. The van der Waals surface area contributed by atoms with Crippen molar-refractivity contribution in [1.82, 2.24) is 9.80 Å². The van der Waals surface area contributed by atoms with Gasteiger partial charge in [0.2, 0.25) is 0 Å². The second-order valence-corrected chi connectivity index (χ2v) is 7.21. The molecule has 0 bridgehead atoms. The number of rotatable bonds is 2. The van der Waals surface area contributed by atoms with Crippen molar-refractivity contribution in [3.05, 3.63) is 0 Å². The third-order valence-corrected chi connectivity index (χ3v) is 5.01. The summed E-state index contributed by atoms with van der Waals surface area (Å²) in [7, 11) is 2.18. The van der Waals surface area contributed by atoms with E-state index in [1.807, 2.05) is 0 Å². The van der Waals surface area contributed by atoms with Crippen LogP contribution in [-0.2, 0) is 0 Å². The van der Waals surface area contributed by atoms with Crippen molar-refractivity contribution in [2.24, 2.45) is 11.3 Å². The van der Waals surface area contributed by atoms with Gasteiger partial charge in [-0.25, -0.2) is 0 Å². The van der Waals surface area contributed by atoms with Crippen LogP contribution in [-0.4, -0.2) is 60.3 Å². The minimum atomic E-state index is -0.359. The summed E-state index contributed by atoms with van der Waals surface area (Å²) < 4.78 is 0. The smallest absolute Gasteiger partial charge is 0.0786 e. The lowest BCUT2D eigenvalue weighted by Crippen LogP contribution is -2.69. The predicted molar refractivity (Wildman–Crippen MR) is 69.0 cm³/mol. The van der Waals surface area contributed by atoms with E-state index in [0.717, 1.165) is 25.3 Å². The molecule has 0 aromatic rings. The maximum Gasteiger partial charge on any atom is 0.0786 e. The quantitative estimate of drug-likeness (QED) is 0.782. The lowest BCUT2D eigenvalue weighted by Gasteiger charge is -2.62. The maximum atomic E-state index is 10.6. The van der Waals surface area contributed by atoms with E-state index in [4.69, 9.17) is 0 Å². The monoisotopic (exact) mass is 238 g/mol. The number of piperidine rings is 1. The largest absolute Gasteiger partial charge is 0.389 e. The SMILES string of the molecule is CC1CCN(CC2(O)CC3(CN(C)C3)C2)CC1. The van der Waals surface area contributed by atoms with Crippen LogP contribution in [0.3, 0.4) is 0 Å². The van der Waals surface area contributed by atoms with Crippen LogP contribution in [0.15, 0.2) is 0 Å². The van der Waals surface area contributed by atoms with E-state index >= 15 is 0 Å². The number of β-amino-alcohol motifs (C(OH)–C–C–N with tert-alkyl or cyclic N) is 1. The standard InChI is InChI=1S/C14H26N2O/c1-12-3-5-16(6-4-12)11-14(17)7-13(8-14)9-15(2)10-13/h12,17H,3-11H2,1-2H3. The van der Waals surface area contributed by atoms with E-state index in [1.54, 1.807) is 0 Å². The van der Waals surface area contributed by atoms with Gasteiger partial charge >= 0.3 is 0 Å². The van der Waals surface area contributed by atoms with E-state index in [1.165, 1.54) is 39.0 Å². The molecule has 0 amide bonds. The normalized spacial score (nSPS) is 33.4. The first-order valence-electron chi connectivity index (χ1n) is 7.12. The molecule has 1 spiro atoms. The highest BCUT2D eigenvalue weighted by Gasteiger charge is 2.58. The zero-order chi connectivity index (χ0) is 12.1. The molecule has 98 valence electrons. The Morgan fingerprint density at radius 1 is 1.18 bits per heavy atom. The van der Waals surface area contributed by atoms with Gasteiger partial charge in [0.15, 0.2) is 0 Å². The van der Waals surface area contributed by atoms with Gasteiger partial charge < -0.3 is 14.9 Å². The van der Waals surface area contributed by atoms with Gasteiger partial charge in [0.25, 0.3) is 0 Å². The lowest BCUT2D eigenvalue weighted by molar-refractivity contribution is -0.193. The Morgan fingerprint density at radius 2 is 1.76 bits per heavy atom. The van der Waals surface area contributed by atoms with Gasteiger partial charge in [0, 0.05) is 25.0 Å². The topological polar surface area (TPSA) is 26.7 Å². The average molecular weight is 238 g/mol. The summed E-state index contributed by atoms with van der Waals surface area (Å²) in [4.78, 5) is 4.84. The summed E-state index contributed by atoms with van der Waals surface area (Å²) in [5, 5.41) is 10.6. The second kappa shape index (κ2) is 3.94. The van der Waals surface area contributed by atoms with Crippen LogP contribution in [0.5, 0.6) is 0 Å². The summed E-state index contributed by atoms with van der Waals surface area (Å²) >= 11 is 0. The summed E-state index contributed by atoms with van der Waals surface area (Å²) in [6, 6.07) is 0. The highest BCUT2D eigenvalue weighted by molar-refractivity contribution is 5.11. The molecular formula is C14H26N2O. The highest BCUT2D eigenvalue weighted by atomic mass is 16.3. The van der Waals surface area contributed by atoms with E-state index in [9.17, 15) is 5.11 Å². The maximum absolute atomic E-state index is 10.6. The summed E-state index contributed by atoms with van der Waals surface area (Å²) in [6.07, 6.45) is 4.70. The Balaban J connectivity index is 1.47. The van der Waals surface area contributed by atoms with Gasteiger partial charge in [0.05, 0.1) is 5.60 Å². The molecule has 0 atom stereocenters. The summed E-state index contributed by atoms with van der Waals surface area (Å²) in [5.74, 6) is 0.883. The molecule has 1 aliphatic carbocycles. The summed E-state index contributed by atoms with van der Waals surface area (Å²) in [6.45, 7) is 8.05. The van der Waals surface area contributed by atoms with Crippen molar-refractivity contribution in [3.8, 4) is 0 Å². The Hall–Kier alpha value is -0.120. The third kappa shape index (κ3) is 2.25. The number of hydrogen-bond donors (Lipinski definition) is 1. The number of aliphatic hydroxyl groups is 1. The van der Waals surface area contributed by atoms with Gasteiger partial charge in [-0.15, -0.1) is 0 Å². The van der Waals surface area contributed by atoms with Crippen molar-refractivity contribution in [2.75, 3.05) is 39.8 Å². The minimum absolute atomic E-state index is 0.359. The molecule has 2 saturated heterocycles. The van der Waals surface area contributed by atoms with Crippen LogP contribution in [0.4, 0.5) is 0 Å². The van der Waals surface area contributed by atoms with Crippen LogP contribution in [0.2, 0.25) is 0 Å². The van der Waals surface area contributed by atoms with Crippen molar-refractivity contribution in [1.29, 1.82) is 0 Å². The first-order chi connectivity index (χ1) is 7.99. The molecular weight excluding hydrogens is 212 g/mol. The molecule has 3 nitrogen and oxygen atoms in total. The Labute approximate surface area is 105 Å². The molecule has 0 unspecified atom stereocenters. The fraction of sp³-hybridized carbons (Fsp3) is 1.00. The summed E-state index contributed by atoms with van der Waals surface area (Å²) in [5.41, 5.74) is 0.133. The molecule has 0 aromatic heterocycles. The zero-order valence-corrected chi connectivity index (χ0v) is 11.3. The zero-order valence-electron chi connectivity index (χ0n) is 11.3. The molecule has 17 heavy (non-hydrogen) atoms. The third-order valence-electron chi connectivity index (χ3n) is 5.01. The number of hydrogen-bond acceptors (Lipinski definition) is 3. The molecule has 1 saturated carbocycles. The van der Waals surface area contributed by atoms with E-state index < -0.39 is 0 Å². The van der Waals surface area contributed by atoms with Crippen LogP contribution in [0.25, 0.3) is 0 Å². The van der Waals surface area contributed by atoms with Crippen LogP contribution >= 0.6 is 0 Å². The molecule has 3 fully saturated rings. The van der Waals surface area contributed by atoms with Crippen LogP contribution in [0, 0.1) is 11.3 Å². The lowest BCUT2D eigenvalue weighted by atomic mass is 9.55. The first-order valence-corrected chi connectivity index (χ1v) is 7.12.